The molecule has 100 valence electrons. The molecule has 1 aromatic rings. The zero-order valence-corrected chi connectivity index (χ0v) is 10.5. The van der Waals surface area contributed by atoms with Crippen molar-refractivity contribution in [3.05, 3.63) is 39.7 Å². The summed E-state index contributed by atoms with van der Waals surface area (Å²) in [5, 5.41) is 19.1. The summed E-state index contributed by atoms with van der Waals surface area (Å²) in [7, 11) is 0. The van der Waals surface area contributed by atoms with Gasteiger partial charge in [0.15, 0.2) is 0 Å². The molecular formula is C12H12FN3O3. The Morgan fingerprint density at radius 2 is 2.21 bits per heavy atom. The second-order valence-electron chi connectivity index (χ2n) is 4.11. The molecule has 0 aliphatic rings. The Kier molecular flexibility index (Phi) is 4.53. The number of nitro benzene ring substituents is 1. The number of nitriles is 1. The molecular weight excluding hydrogens is 253 g/mol. The van der Waals surface area contributed by atoms with Crippen molar-refractivity contribution in [2.24, 2.45) is 0 Å². The number of rotatable bonds is 4. The van der Waals surface area contributed by atoms with Crippen LogP contribution >= 0.6 is 0 Å². The van der Waals surface area contributed by atoms with E-state index in [0.717, 1.165) is 12.1 Å². The summed E-state index contributed by atoms with van der Waals surface area (Å²) >= 11 is 0. The van der Waals surface area contributed by atoms with Crippen LogP contribution in [0.5, 0.6) is 0 Å². The maximum absolute atomic E-state index is 13.7. The van der Waals surface area contributed by atoms with Crippen LogP contribution in [0.3, 0.4) is 0 Å². The van der Waals surface area contributed by atoms with Crippen LogP contribution < -0.4 is 0 Å². The number of amides is 1. The number of benzene rings is 1. The third-order valence-corrected chi connectivity index (χ3v) is 2.52. The number of hydrogen-bond acceptors (Lipinski definition) is 4. The van der Waals surface area contributed by atoms with E-state index in [9.17, 15) is 19.3 Å². The molecule has 0 unspecified atom stereocenters. The van der Waals surface area contributed by atoms with Gasteiger partial charge in [-0.3, -0.25) is 14.9 Å². The highest BCUT2D eigenvalue weighted by atomic mass is 19.1. The monoisotopic (exact) mass is 265 g/mol. The lowest BCUT2D eigenvalue weighted by atomic mass is 10.1. The summed E-state index contributed by atoms with van der Waals surface area (Å²) in [5.74, 6) is -1.63. The highest BCUT2D eigenvalue weighted by Gasteiger charge is 2.23. The Morgan fingerprint density at radius 3 is 2.63 bits per heavy atom. The van der Waals surface area contributed by atoms with Crippen LogP contribution in [0.2, 0.25) is 0 Å². The molecule has 0 saturated heterocycles. The molecule has 0 saturated carbocycles. The average molecular weight is 265 g/mol. The lowest BCUT2D eigenvalue weighted by molar-refractivity contribution is -0.385. The number of carbonyl (C=O) groups excluding carboxylic acids is 1. The van der Waals surface area contributed by atoms with Crippen molar-refractivity contribution in [1.29, 1.82) is 5.26 Å². The number of carbonyl (C=O) groups is 1. The Morgan fingerprint density at radius 1 is 1.58 bits per heavy atom. The fourth-order valence-corrected chi connectivity index (χ4v) is 1.51. The minimum atomic E-state index is -0.970. The normalized spacial score (nSPS) is 10.1. The maximum Gasteiger partial charge on any atom is 0.272 e. The first-order valence-corrected chi connectivity index (χ1v) is 5.50. The van der Waals surface area contributed by atoms with Crippen molar-refractivity contribution in [3.63, 3.8) is 0 Å². The molecule has 0 heterocycles. The van der Waals surface area contributed by atoms with Gasteiger partial charge in [0.2, 0.25) is 0 Å². The van der Waals surface area contributed by atoms with Gasteiger partial charge in [0.25, 0.3) is 11.6 Å². The first kappa shape index (κ1) is 14.6. The van der Waals surface area contributed by atoms with Crippen molar-refractivity contribution in [2.75, 3.05) is 6.54 Å². The van der Waals surface area contributed by atoms with Crippen molar-refractivity contribution >= 4 is 11.6 Å². The predicted octanol–water partition coefficient (Wildman–Crippen LogP) is 2.11. The second-order valence-corrected chi connectivity index (χ2v) is 4.11. The average Bonchev–Trinajstić information content (AvgIpc) is 2.34. The fraction of sp³-hybridized carbons (Fsp3) is 0.333. The highest BCUT2D eigenvalue weighted by molar-refractivity contribution is 5.95. The van der Waals surface area contributed by atoms with E-state index in [4.69, 9.17) is 5.26 Å². The smallest absolute Gasteiger partial charge is 0.272 e. The Hall–Kier alpha value is -2.49. The number of nitro groups is 1. The van der Waals surface area contributed by atoms with Crippen LogP contribution in [-0.4, -0.2) is 28.3 Å². The highest BCUT2D eigenvalue weighted by Crippen LogP contribution is 2.18. The van der Waals surface area contributed by atoms with Gasteiger partial charge in [-0.1, -0.05) is 0 Å². The molecule has 0 bridgehead atoms. The van der Waals surface area contributed by atoms with Crippen LogP contribution in [0.25, 0.3) is 0 Å². The first-order valence-electron chi connectivity index (χ1n) is 5.50. The summed E-state index contributed by atoms with van der Waals surface area (Å²) in [6.45, 7) is 3.21. The van der Waals surface area contributed by atoms with Crippen LogP contribution in [0.1, 0.15) is 24.2 Å². The molecule has 0 fully saturated rings. The molecule has 19 heavy (non-hydrogen) atoms. The number of hydrogen-bond donors (Lipinski definition) is 0. The van der Waals surface area contributed by atoms with Crippen molar-refractivity contribution < 1.29 is 14.1 Å². The number of non-ortho nitro benzene ring substituents is 1. The molecule has 1 amide bonds. The summed E-state index contributed by atoms with van der Waals surface area (Å²) in [4.78, 5) is 23.0. The fourth-order valence-electron chi connectivity index (χ4n) is 1.51. The topological polar surface area (TPSA) is 87.2 Å². The molecule has 0 N–H and O–H groups in total. The van der Waals surface area contributed by atoms with Gasteiger partial charge >= 0.3 is 0 Å². The summed E-state index contributed by atoms with van der Waals surface area (Å²) in [6, 6.07) is 4.35. The lowest BCUT2D eigenvalue weighted by Gasteiger charge is -2.23. The summed E-state index contributed by atoms with van der Waals surface area (Å²) < 4.78 is 13.7. The standard InChI is InChI=1S/C12H12FN3O3/c1-8(2)15(6-5-14)12(17)10-4-3-9(16(18)19)7-11(10)13/h3-4,7-8H,6H2,1-2H3. The van der Waals surface area contributed by atoms with E-state index in [-0.39, 0.29) is 18.2 Å². The maximum atomic E-state index is 13.7. The van der Waals surface area contributed by atoms with Gasteiger partial charge in [-0.2, -0.15) is 5.26 Å². The molecule has 0 spiro atoms. The van der Waals surface area contributed by atoms with Gasteiger partial charge < -0.3 is 4.90 Å². The summed E-state index contributed by atoms with van der Waals surface area (Å²) in [6.07, 6.45) is 0. The van der Waals surface area contributed by atoms with Crippen LogP contribution in [0.4, 0.5) is 10.1 Å². The van der Waals surface area contributed by atoms with E-state index < -0.39 is 22.3 Å². The summed E-state index contributed by atoms with van der Waals surface area (Å²) in [5.41, 5.74) is -0.708. The molecule has 1 aromatic carbocycles. The second kappa shape index (κ2) is 5.91. The van der Waals surface area contributed by atoms with Gasteiger partial charge in [-0.05, 0) is 19.9 Å². The zero-order valence-electron chi connectivity index (χ0n) is 10.5. The SMILES string of the molecule is CC(C)N(CC#N)C(=O)c1ccc([N+](=O)[O-])cc1F. The van der Waals surface area contributed by atoms with Gasteiger partial charge in [0, 0.05) is 12.1 Å². The van der Waals surface area contributed by atoms with Gasteiger partial charge in [-0.25, -0.2) is 4.39 Å². The molecule has 6 nitrogen and oxygen atoms in total. The van der Waals surface area contributed by atoms with E-state index in [1.807, 2.05) is 6.07 Å². The quantitative estimate of drug-likeness (QED) is 0.474. The molecule has 1 rings (SSSR count). The Bertz CT molecular complexity index is 552. The third-order valence-electron chi connectivity index (χ3n) is 2.52. The van der Waals surface area contributed by atoms with E-state index in [1.165, 1.54) is 4.90 Å². The minimum Gasteiger partial charge on any atom is -0.323 e. The zero-order chi connectivity index (χ0) is 14.6. The molecule has 0 aliphatic carbocycles. The van der Waals surface area contributed by atoms with Gasteiger partial charge in [-0.15, -0.1) is 0 Å². The largest absolute Gasteiger partial charge is 0.323 e. The van der Waals surface area contributed by atoms with Gasteiger partial charge in [0.1, 0.15) is 12.4 Å². The lowest BCUT2D eigenvalue weighted by Crippen LogP contribution is -2.37. The van der Waals surface area contributed by atoms with Gasteiger partial charge in [0.05, 0.1) is 22.6 Å². The van der Waals surface area contributed by atoms with E-state index >= 15 is 0 Å². The third kappa shape index (κ3) is 3.25. The molecule has 0 atom stereocenters. The molecule has 0 radical (unpaired) electrons. The number of halogens is 1. The van der Waals surface area contributed by atoms with E-state index in [2.05, 4.69) is 0 Å². The Labute approximate surface area is 109 Å². The van der Waals surface area contributed by atoms with Crippen LogP contribution in [-0.2, 0) is 0 Å². The van der Waals surface area contributed by atoms with Crippen molar-refractivity contribution in [2.45, 2.75) is 19.9 Å². The molecule has 0 aromatic heterocycles. The van der Waals surface area contributed by atoms with Crippen LogP contribution in [0, 0.1) is 27.3 Å². The Balaban J connectivity index is 3.12. The minimum absolute atomic E-state index is 0.174. The van der Waals surface area contributed by atoms with E-state index in [1.54, 1.807) is 13.8 Å². The predicted molar refractivity (Wildman–Crippen MR) is 64.8 cm³/mol. The number of nitrogens with zero attached hydrogens (tertiary/aromatic N) is 3. The molecule has 7 heteroatoms. The van der Waals surface area contributed by atoms with E-state index in [0.29, 0.717) is 6.07 Å². The first-order chi connectivity index (χ1) is 8.88. The van der Waals surface area contributed by atoms with Crippen LogP contribution in [0.15, 0.2) is 18.2 Å². The molecule has 0 aliphatic heterocycles. The van der Waals surface area contributed by atoms with Crippen molar-refractivity contribution in [1.82, 2.24) is 4.90 Å². The van der Waals surface area contributed by atoms with Crippen molar-refractivity contribution in [3.8, 4) is 6.07 Å².